The van der Waals surface area contributed by atoms with E-state index in [1.807, 2.05) is 12.2 Å². The summed E-state index contributed by atoms with van der Waals surface area (Å²) in [7, 11) is 0. The second kappa shape index (κ2) is 5.62. The Bertz CT molecular complexity index is 105. The fourth-order valence-corrected chi connectivity index (χ4v) is 0.806. The Morgan fingerprint density at radius 1 is 1.78 bits per heavy atom. The molecule has 0 unspecified atom stereocenters. The van der Waals surface area contributed by atoms with E-state index >= 15 is 0 Å². The number of thioether (sulfide) groups is 1. The van der Waals surface area contributed by atoms with Crippen molar-refractivity contribution in [2.45, 2.75) is 13.3 Å². The number of nitrogens with one attached hydrogen (secondary N) is 1. The average Bonchev–Trinajstić information content (AvgIpc) is 1.85. The molecule has 0 fully saturated rings. The van der Waals surface area contributed by atoms with E-state index in [0.717, 1.165) is 23.9 Å². The van der Waals surface area contributed by atoms with Crippen LogP contribution in [-0.4, -0.2) is 17.4 Å². The summed E-state index contributed by atoms with van der Waals surface area (Å²) >= 11 is 1.12. The molecule has 1 N–H and O–H groups in total. The summed E-state index contributed by atoms with van der Waals surface area (Å²) < 4.78 is 0. The van der Waals surface area contributed by atoms with Crippen LogP contribution < -0.4 is 5.32 Å². The molecular weight excluding hydrogens is 138 g/mol. The second-order valence-electron chi connectivity index (χ2n) is 1.40. The summed E-state index contributed by atoms with van der Waals surface area (Å²) in [5.41, 5.74) is 0. The zero-order chi connectivity index (χ0) is 7.11. The molecule has 0 aliphatic heterocycles. The third kappa shape index (κ3) is 5.36. The van der Waals surface area contributed by atoms with E-state index in [9.17, 15) is 9.59 Å². The minimum absolute atomic E-state index is 0.271. The van der Waals surface area contributed by atoms with Gasteiger partial charge in [-0.1, -0.05) is 18.7 Å². The summed E-state index contributed by atoms with van der Waals surface area (Å²) in [5, 5.41) is 1.75. The highest BCUT2D eigenvalue weighted by Crippen LogP contribution is 2.01. The van der Waals surface area contributed by atoms with E-state index in [-0.39, 0.29) is 5.24 Å². The highest BCUT2D eigenvalue weighted by Gasteiger charge is 1.96. The van der Waals surface area contributed by atoms with Crippen LogP contribution in [-0.2, 0) is 4.79 Å². The van der Waals surface area contributed by atoms with Crippen molar-refractivity contribution in [1.29, 1.82) is 0 Å². The van der Waals surface area contributed by atoms with Crippen LogP contribution in [0.5, 0.6) is 0 Å². The second-order valence-corrected chi connectivity index (χ2v) is 2.47. The van der Waals surface area contributed by atoms with Crippen LogP contribution in [0, 0.1) is 0 Å². The van der Waals surface area contributed by atoms with Crippen molar-refractivity contribution in [1.82, 2.24) is 5.32 Å². The molecule has 2 amide bonds. The van der Waals surface area contributed by atoms with Crippen molar-refractivity contribution >= 4 is 23.4 Å². The molecule has 0 aromatic carbocycles. The number of rotatable bonds is 3. The number of hydrogen-bond donors (Lipinski definition) is 1. The molecule has 0 bridgehead atoms. The van der Waals surface area contributed by atoms with Crippen LogP contribution in [0.1, 0.15) is 13.3 Å². The Morgan fingerprint density at radius 3 is 2.89 bits per heavy atom. The molecule has 0 saturated heterocycles. The molecule has 3 nitrogen and oxygen atoms in total. The first kappa shape index (κ1) is 8.49. The standard InChI is InChI=1S/C5H9NO2S/c1-2-3-9-5(8)6-4-7/h4H,2-3H2,1H3,(H,6,7,8). The van der Waals surface area contributed by atoms with Gasteiger partial charge in [0.25, 0.3) is 5.24 Å². The Kier molecular flexibility index (Phi) is 5.30. The van der Waals surface area contributed by atoms with Crippen molar-refractivity contribution in [3.63, 3.8) is 0 Å². The minimum Gasteiger partial charge on any atom is -0.290 e. The van der Waals surface area contributed by atoms with E-state index in [2.05, 4.69) is 0 Å². The Morgan fingerprint density at radius 2 is 2.44 bits per heavy atom. The molecule has 52 valence electrons. The van der Waals surface area contributed by atoms with Crippen molar-refractivity contribution in [3.8, 4) is 0 Å². The smallest absolute Gasteiger partial charge is 0.285 e. The molecule has 0 heterocycles. The van der Waals surface area contributed by atoms with Crippen molar-refractivity contribution in [3.05, 3.63) is 0 Å². The maximum Gasteiger partial charge on any atom is 0.285 e. The Labute approximate surface area is 58.2 Å². The Balaban J connectivity index is 3.16. The third-order valence-electron chi connectivity index (χ3n) is 0.614. The van der Waals surface area contributed by atoms with Crippen LogP contribution >= 0.6 is 11.8 Å². The predicted molar refractivity (Wildman–Crippen MR) is 37.3 cm³/mol. The molecule has 0 aromatic rings. The molecular formula is C5H9NO2S. The lowest BCUT2D eigenvalue weighted by Gasteiger charge is -1.92. The number of hydrogen-bond acceptors (Lipinski definition) is 3. The molecule has 0 atom stereocenters. The quantitative estimate of drug-likeness (QED) is 0.606. The molecule has 0 rings (SSSR count). The largest absolute Gasteiger partial charge is 0.290 e. The predicted octanol–water partition coefficient (Wildman–Crippen LogP) is 0.996. The van der Waals surface area contributed by atoms with Gasteiger partial charge in [-0.2, -0.15) is 0 Å². The number of carbonyl (C=O) groups excluding carboxylic acids is 2. The van der Waals surface area contributed by atoms with Crippen molar-refractivity contribution in [2.75, 3.05) is 5.75 Å². The lowest BCUT2D eigenvalue weighted by Crippen LogP contribution is -2.15. The fourth-order valence-electron chi connectivity index (χ4n) is 0.285. The monoisotopic (exact) mass is 147 g/mol. The first-order valence-electron chi connectivity index (χ1n) is 2.68. The molecule has 0 spiro atoms. The number of carbonyl (C=O) groups is 2. The van der Waals surface area contributed by atoms with Gasteiger partial charge in [-0.15, -0.1) is 0 Å². The SMILES string of the molecule is CCCSC(=O)NC=O. The molecule has 0 aliphatic rings. The van der Waals surface area contributed by atoms with Gasteiger partial charge in [0.15, 0.2) is 0 Å². The molecule has 0 saturated carbocycles. The van der Waals surface area contributed by atoms with Crippen LogP contribution in [0.15, 0.2) is 0 Å². The van der Waals surface area contributed by atoms with Gasteiger partial charge in [0.05, 0.1) is 0 Å². The van der Waals surface area contributed by atoms with Crippen molar-refractivity contribution < 1.29 is 9.59 Å². The van der Waals surface area contributed by atoms with Gasteiger partial charge < -0.3 is 0 Å². The number of amides is 2. The van der Waals surface area contributed by atoms with E-state index in [4.69, 9.17) is 0 Å². The molecule has 0 aliphatic carbocycles. The van der Waals surface area contributed by atoms with E-state index in [1.165, 1.54) is 0 Å². The van der Waals surface area contributed by atoms with E-state index in [1.54, 1.807) is 0 Å². The Hall–Kier alpha value is -0.510. The van der Waals surface area contributed by atoms with Crippen LogP contribution in [0.4, 0.5) is 4.79 Å². The van der Waals surface area contributed by atoms with E-state index < -0.39 is 0 Å². The molecule has 0 radical (unpaired) electrons. The van der Waals surface area contributed by atoms with Gasteiger partial charge >= 0.3 is 0 Å². The van der Waals surface area contributed by atoms with Crippen LogP contribution in [0.2, 0.25) is 0 Å². The molecule has 9 heavy (non-hydrogen) atoms. The van der Waals surface area contributed by atoms with Crippen molar-refractivity contribution in [2.24, 2.45) is 0 Å². The summed E-state index contributed by atoms with van der Waals surface area (Å²) in [6.45, 7) is 1.97. The zero-order valence-corrected chi connectivity index (χ0v) is 6.03. The summed E-state index contributed by atoms with van der Waals surface area (Å²) in [6.07, 6.45) is 1.34. The lowest BCUT2D eigenvalue weighted by atomic mass is 10.6. The molecule has 0 aromatic heterocycles. The topological polar surface area (TPSA) is 46.2 Å². The van der Waals surface area contributed by atoms with Crippen LogP contribution in [0.3, 0.4) is 0 Å². The zero-order valence-electron chi connectivity index (χ0n) is 5.22. The summed E-state index contributed by atoms with van der Waals surface area (Å²) in [6, 6.07) is 0. The average molecular weight is 147 g/mol. The van der Waals surface area contributed by atoms with Gasteiger partial charge in [-0.3, -0.25) is 14.9 Å². The minimum atomic E-state index is -0.271. The highest BCUT2D eigenvalue weighted by atomic mass is 32.2. The van der Waals surface area contributed by atoms with Gasteiger partial charge in [0.1, 0.15) is 0 Å². The summed E-state index contributed by atoms with van der Waals surface area (Å²) in [4.78, 5) is 20.1. The first-order valence-corrected chi connectivity index (χ1v) is 3.66. The van der Waals surface area contributed by atoms with Gasteiger partial charge in [0.2, 0.25) is 6.41 Å². The maximum absolute atomic E-state index is 10.4. The van der Waals surface area contributed by atoms with Gasteiger partial charge in [0, 0.05) is 5.75 Å². The number of imide groups is 1. The lowest BCUT2D eigenvalue weighted by molar-refractivity contribution is -0.108. The van der Waals surface area contributed by atoms with Crippen LogP contribution in [0.25, 0.3) is 0 Å². The maximum atomic E-state index is 10.4. The fraction of sp³-hybridized carbons (Fsp3) is 0.600. The third-order valence-corrected chi connectivity index (χ3v) is 1.61. The van der Waals surface area contributed by atoms with Gasteiger partial charge in [-0.25, -0.2) is 0 Å². The molecule has 4 heteroatoms. The van der Waals surface area contributed by atoms with E-state index in [0.29, 0.717) is 6.41 Å². The highest BCUT2D eigenvalue weighted by molar-refractivity contribution is 8.13. The van der Waals surface area contributed by atoms with Gasteiger partial charge in [-0.05, 0) is 6.42 Å². The normalized spacial score (nSPS) is 8.56. The first-order chi connectivity index (χ1) is 4.31. The summed E-state index contributed by atoms with van der Waals surface area (Å²) in [5.74, 6) is 0.764.